The van der Waals surface area contributed by atoms with Gasteiger partial charge in [0.15, 0.2) is 0 Å². The van der Waals surface area contributed by atoms with E-state index in [4.69, 9.17) is 0 Å². The van der Waals surface area contributed by atoms with Crippen LogP contribution in [0.2, 0.25) is 0 Å². The molecule has 0 atom stereocenters. The Balaban J connectivity index is 1.46. The second kappa shape index (κ2) is 7.04. The van der Waals surface area contributed by atoms with E-state index in [0.717, 1.165) is 25.0 Å². The summed E-state index contributed by atoms with van der Waals surface area (Å²) in [6.45, 7) is 2.17. The van der Waals surface area contributed by atoms with Crippen LogP contribution in [0.5, 0.6) is 0 Å². The van der Waals surface area contributed by atoms with Crippen LogP contribution in [-0.4, -0.2) is 22.1 Å². The summed E-state index contributed by atoms with van der Waals surface area (Å²) < 4.78 is 2.27. The van der Waals surface area contributed by atoms with Gasteiger partial charge in [-0.15, -0.1) is 11.3 Å². The van der Waals surface area contributed by atoms with Gasteiger partial charge in [-0.05, 0) is 37.3 Å². The van der Waals surface area contributed by atoms with Gasteiger partial charge in [-0.3, -0.25) is 0 Å². The molecule has 1 aliphatic rings. The first kappa shape index (κ1) is 13.8. The Morgan fingerprint density at radius 1 is 1.30 bits per heavy atom. The summed E-state index contributed by atoms with van der Waals surface area (Å²) in [6, 6.07) is 5.00. The molecule has 1 saturated carbocycles. The number of hydrogen-bond acceptors (Lipinski definition) is 3. The van der Waals surface area contributed by atoms with Gasteiger partial charge in [0.05, 0.1) is 4.88 Å². The molecular formula is C16H23N3S. The Labute approximate surface area is 125 Å². The Bertz CT molecular complexity index is 498. The molecule has 0 bridgehead atoms. The topological polar surface area (TPSA) is 29.9 Å². The lowest BCUT2D eigenvalue weighted by Gasteiger charge is -2.22. The number of rotatable bonds is 6. The van der Waals surface area contributed by atoms with Crippen LogP contribution in [0, 0.1) is 0 Å². The highest BCUT2D eigenvalue weighted by Crippen LogP contribution is 2.23. The van der Waals surface area contributed by atoms with Crippen LogP contribution in [0.25, 0.3) is 10.7 Å². The van der Waals surface area contributed by atoms with Gasteiger partial charge in [0.25, 0.3) is 0 Å². The van der Waals surface area contributed by atoms with Crippen molar-refractivity contribution >= 4 is 11.3 Å². The molecule has 0 spiro atoms. The van der Waals surface area contributed by atoms with E-state index >= 15 is 0 Å². The number of aryl methyl sites for hydroxylation is 1. The second-order valence-electron chi connectivity index (χ2n) is 5.56. The van der Waals surface area contributed by atoms with E-state index in [9.17, 15) is 0 Å². The van der Waals surface area contributed by atoms with E-state index in [0.29, 0.717) is 0 Å². The van der Waals surface area contributed by atoms with E-state index in [1.807, 2.05) is 6.20 Å². The molecule has 2 aromatic heterocycles. The molecule has 2 heterocycles. The molecule has 3 nitrogen and oxygen atoms in total. The van der Waals surface area contributed by atoms with Crippen LogP contribution in [0.3, 0.4) is 0 Å². The van der Waals surface area contributed by atoms with Crippen molar-refractivity contribution in [2.24, 2.45) is 0 Å². The fourth-order valence-corrected chi connectivity index (χ4v) is 3.72. The third-order valence-corrected chi connectivity index (χ3v) is 4.94. The molecule has 2 aromatic rings. The smallest absolute Gasteiger partial charge is 0.149 e. The van der Waals surface area contributed by atoms with Crippen LogP contribution >= 0.6 is 11.3 Å². The second-order valence-corrected chi connectivity index (χ2v) is 6.51. The van der Waals surface area contributed by atoms with Crippen LogP contribution in [0.4, 0.5) is 0 Å². The van der Waals surface area contributed by atoms with Crippen molar-refractivity contribution in [3.63, 3.8) is 0 Å². The Kier molecular flexibility index (Phi) is 4.87. The average molecular weight is 289 g/mol. The zero-order valence-electron chi connectivity index (χ0n) is 11.9. The summed E-state index contributed by atoms with van der Waals surface area (Å²) >= 11 is 1.76. The highest BCUT2D eigenvalue weighted by Gasteiger charge is 2.12. The minimum absolute atomic E-state index is 0.767. The first-order chi connectivity index (χ1) is 9.93. The molecule has 0 saturated heterocycles. The fraction of sp³-hybridized carbons (Fsp3) is 0.562. The predicted molar refractivity (Wildman–Crippen MR) is 85.0 cm³/mol. The summed E-state index contributed by atoms with van der Waals surface area (Å²) in [7, 11) is 0. The molecule has 1 aliphatic carbocycles. The summed E-state index contributed by atoms with van der Waals surface area (Å²) in [5.41, 5.74) is 0. The zero-order valence-corrected chi connectivity index (χ0v) is 12.7. The molecule has 0 aliphatic heterocycles. The van der Waals surface area contributed by atoms with Crippen molar-refractivity contribution in [2.75, 3.05) is 6.54 Å². The number of aromatic nitrogens is 2. The van der Waals surface area contributed by atoms with Gasteiger partial charge in [-0.25, -0.2) is 4.98 Å². The average Bonchev–Trinajstić information content (AvgIpc) is 3.15. The third-order valence-electron chi connectivity index (χ3n) is 4.07. The number of nitrogens with one attached hydrogen (secondary N) is 1. The van der Waals surface area contributed by atoms with Crippen LogP contribution in [0.1, 0.15) is 38.5 Å². The summed E-state index contributed by atoms with van der Waals surface area (Å²) in [5.74, 6) is 1.11. The predicted octanol–water partition coefficient (Wildman–Crippen LogP) is 3.92. The largest absolute Gasteiger partial charge is 0.330 e. The lowest BCUT2D eigenvalue weighted by Crippen LogP contribution is -2.32. The standard InChI is InChI=1S/C16H23N3S/c1-2-6-14(7-3-1)17-9-5-11-19-12-10-18-16(19)15-8-4-13-20-15/h4,8,10,12-14,17H,1-3,5-7,9,11H2. The monoisotopic (exact) mass is 289 g/mol. The van der Waals surface area contributed by atoms with Crippen molar-refractivity contribution in [1.29, 1.82) is 0 Å². The normalized spacial score (nSPS) is 16.6. The van der Waals surface area contributed by atoms with Crippen molar-refractivity contribution in [1.82, 2.24) is 14.9 Å². The number of hydrogen-bond donors (Lipinski definition) is 1. The van der Waals surface area contributed by atoms with Gasteiger partial charge in [-0.2, -0.15) is 0 Å². The van der Waals surface area contributed by atoms with Crippen LogP contribution in [0.15, 0.2) is 29.9 Å². The van der Waals surface area contributed by atoms with Crippen LogP contribution < -0.4 is 5.32 Å². The minimum atomic E-state index is 0.767. The van der Waals surface area contributed by atoms with Gasteiger partial charge < -0.3 is 9.88 Å². The zero-order chi connectivity index (χ0) is 13.6. The lowest BCUT2D eigenvalue weighted by atomic mass is 9.95. The van der Waals surface area contributed by atoms with E-state index in [-0.39, 0.29) is 0 Å². The number of imidazole rings is 1. The van der Waals surface area contributed by atoms with E-state index in [1.54, 1.807) is 11.3 Å². The van der Waals surface area contributed by atoms with E-state index in [1.165, 1.54) is 43.4 Å². The van der Waals surface area contributed by atoms with Crippen molar-refractivity contribution < 1.29 is 0 Å². The van der Waals surface area contributed by atoms with Crippen molar-refractivity contribution in [2.45, 2.75) is 51.1 Å². The maximum Gasteiger partial charge on any atom is 0.149 e. The molecule has 0 unspecified atom stereocenters. The first-order valence-corrected chi connectivity index (χ1v) is 8.60. The van der Waals surface area contributed by atoms with Gasteiger partial charge in [0, 0.05) is 25.0 Å². The van der Waals surface area contributed by atoms with Gasteiger partial charge in [0.1, 0.15) is 5.82 Å². The molecular weight excluding hydrogens is 266 g/mol. The molecule has 108 valence electrons. The molecule has 0 amide bonds. The first-order valence-electron chi connectivity index (χ1n) is 7.72. The SMILES string of the molecule is c1csc(-c2nccn2CCCNC2CCCCC2)c1. The molecule has 0 aromatic carbocycles. The maximum absolute atomic E-state index is 4.48. The molecule has 1 N–H and O–H groups in total. The Morgan fingerprint density at radius 2 is 2.20 bits per heavy atom. The Morgan fingerprint density at radius 3 is 3.00 bits per heavy atom. The minimum Gasteiger partial charge on any atom is -0.330 e. The maximum atomic E-state index is 4.48. The summed E-state index contributed by atoms with van der Waals surface area (Å²) in [4.78, 5) is 5.74. The molecule has 4 heteroatoms. The number of nitrogens with zero attached hydrogens (tertiary/aromatic N) is 2. The Hall–Kier alpha value is -1.13. The van der Waals surface area contributed by atoms with E-state index < -0.39 is 0 Å². The fourth-order valence-electron chi connectivity index (χ4n) is 2.98. The van der Waals surface area contributed by atoms with Gasteiger partial charge in [-0.1, -0.05) is 25.3 Å². The third kappa shape index (κ3) is 3.49. The van der Waals surface area contributed by atoms with Crippen LogP contribution in [-0.2, 0) is 6.54 Å². The summed E-state index contributed by atoms with van der Waals surface area (Å²) in [5, 5.41) is 5.82. The molecule has 1 fully saturated rings. The lowest BCUT2D eigenvalue weighted by molar-refractivity contribution is 0.369. The highest BCUT2D eigenvalue weighted by molar-refractivity contribution is 7.13. The highest BCUT2D eigenvalue weighted by atomic mass is 32.1. The molecule has 0 radical (unpaired) electrons. The molecule has 20 heavy (non-hydrogen) atoms. The van der Waals surface area contributed by atoms with Crippen molar-refractivity contribution in [3.05, 3.63) is 29.9 Å². The molecule has 3 rings (SSSR count). The number of thiophene rings is 1. The summed E-state index contributed by atoms with van der Waals surface area (Å²) in [6.07, 6.45) is 12.1. The van der Waals surface area contributed by atoms with E-state index in [2.05, 4.69) is 38.6 Å². The van der Waals surface area contributed by atoms with Gasteiger partial charge >= 0.3 is 0 Å². The van der Waals surface area contributed by atoms with Crippen molar-refractivity contribution in [3.8, 4) is 10.7 Å². The van der Waals surface area contributed by atoms with Gasteiger partial charge in [0.2, 0.25) is 0 Å². The quantitative estimate of drug-likeness (QED) is 0.817.